The van der Waals surface area contributed by atoms with Gasteiger partial charge in [0, 0.05) is 6.20 Å². The highest BCUT2D eigenvalue weighted by Gasteiger charge is 2.18. The van der Waals surface area contributed by atoms with Crippen LogP contribution in [0.3, 0.4) is 0 Å². The summed E-state index contributed by atoms with van der Waals surface area (Å²) in [5, 5.41) is 2.71. The number of anilines is 1. The van der Waals surface area contributed by atoms with E-state index in [4.69, 9.17) is 16.3 Å². The molecule has 1 amide bonds. The summed E-state index contributed by atoms with van der Waals surface area (Å²) >= 11 is 5.78. The predicted octanol–water partition coefficient (Wildman–Crippen LogP) is 2.65. The largest absolute Gasteiger partial charge is 0.456 e. The molecule has 5 nitrogen and oxygen atoms in total. The van der Waals surface area contributed by atoms with Crippen molar-refractivity contribution < 1.29 is 14.3 Å². The molecular weight excluding hydrogens is 268 g/mol. The Labute approximate surface area is 117 Å². The zero-order chi connectivity index (χ0) is 14.5. The smallest absolute Gasteiger partial charge is 0.306 e. The van der Waals surface area contributed by atoms with E-state index in [1.165, 1.54) is 6.20 Å². The van der Waals surface area contributed by atoms with Crippen molar-refractivity contribution in [1.82, 2.24) is 4.98 Å². The lowest BCUT2D eigenvalue weighted by atomic mass is 9.93. The molecule has 0 aromatic carbocycles. The fourth-order valence-electron chi connectivity index (χ4n) is 1.30. The number of amides is 1. The highest BCUT2D eigenvalue weighted by molar-refractivity contribution is 6.32. The van der Waals surface area contributed by atoms with Gasteiger partial charge in [-0.25, -0.2) is 4.98 Å². The molecule has 0 radical (unpaired) electrons. The molecule has 104 valence electrons. The van der Waals surface area contributed by atoms with E-state index in [9.17, 15) is 9.59 Å². The number of pyridine rings is 1. The number of carbonyl (C=O) groups excluding carboxylic acids is 2. The highest BCUT2D eigenvalue weighted by Crippen LogP contribution is 2.19. The van der Waals surface area contributed by atoms with Crippen LogP contribution in [0.25, 0.3) is 0 Å². The van der Waals surface area contributed by atoms with Gasteiger partial charge in [-0.1, -0.05) is 32.4 Å². The number of nitrogens with one attached hydrogen (secondary N) is 1. The van der Waals surface area contributed by atoms with Crippen molar-refractivity contribution in [3.05, 3.63) is 23.5 Å². The highest BCUT2D eigenvalue weighted by atomic mass is 35.5. The van der Waals surface area contributed by atoms with Crippen LogP contribution in [0.5, 0.6) is 0 Å². The Hall–Kier alpha value is -1.62. The minimum Gasteiger partial charge on any atom is -0.456 e. The number of nitrogens with zero attached hydrogens (tertiary/aromatic N) is 1. The molecule has 0 saturated carbocycles. The maximum Gasteiger partial charge on any atom is 0.306 e. The summed E-state index contributed by atoms with van der Waals surface area (Å²) in [4.78, 5) is 26.8. The third-order valence-corrected chi connectivity index (χ3v) is 2.37. The predicted molar refractivity (Wildman–Crippen MR) is 72.9 cm³/mol. The van der Waals surface area contributed by atoms with Crippen molar-refractivity contribution in [3.63, 3.8) is 0 Å². The van der Waals surface area contributed by atoms with Gasteiger partial charge < -0.3 is 10.1 Å². The normalized spacial score (nSPS) is 10.9. The van der Waals surface area contributed by atoms with Gasteiger partial charge >= 0.3 is 5.97 Å². The summed E-state index contributed by atoms with van der Waals surface area (Å²) < 4.78 is 4.88. The molecule has 1 aromatic rings. The number of ether oxygens (including phenoxy) is 1. The van der Waals surface area contributed by atoms with E-state index in [0.29, 0.717) is 5.69 Å². The molecule has 1 N–H and O–H groups in total. The molecule has 1 heterocycles. The van der Waals surface area contributed by atoms with E-state index in [-0.39, 0.29) is 23.6 Å². The van der Waals surface area contributed by atoms with Crippen LogP contribution in [0.2, 0.25) is 5.15 Å². The summed E-state index contributed by atoms with van der Waals surface area (Å²) in [6.45, 7) is 5.43. The molecule has 0 saturated heterocycles. The zero-order valence-electron chi connectivity index (χ0n) is 11.2. The van der Waals surface area contributed by atoms with Crippen molar-refractivity contribution in [3.8, 4) is 0 Å². The second-order valence-corrected chi connectivity index (χ2v) is 5.65. The lowest BCUT2D eigenvalue weighted by Gasteiger charge is -2.16. The van der Waals surface area contributed by atoms with Crippen LogP contribution in [0, 0.1) is 5.41 Å². The van der Waals surface area contributed by atoms with Crippen molar-refractivity contribution >= 4 is 29.2 Å². The molecule has 6 heteroatoms. The van der Waals surface area contributed by atoms with Crippen molar-refractivity contribution in [2.45, 2.75) is 27.2 Å². The number of aromatic nitrogens is 1. The summed E-state index contributed by atoms with van der Waals surface area (Å²) in [5.41, 5.74) is 0.223. The fourth-order valence-corrected chi connectivity index (χ4v) is 1.46. The van der Waals surface area contributed by atoms with Crippen molar-refractivity contribution in [2.75, 3.05) is 11.9 Å². The Balaban J connectivity index is 2.41. The van der Waals surface area contributed by atoms with Crippen LogP contribution < -0.4 is 5.32 Å². The van der Waals surface area contributed by atoms with Gasteiger partial charge in [-0.05, 0) is 17.5 Å². The Morgan fingerprint density at radius 1 is 1.42 bits per heavy atom. The van der Waals surface area contributed by atoms with E-state index >= 15 is 0 Å². The first-order valence-corrected chi connectivity index (χ1v) is 6.22. The van der Waals surface area contributed by atoms with Crippen LogP contribution in [-0.4, -0.2) is 23.5 Å². The summed E-state index contributed by atoms with van der Waals surface area (Å²) in [6, 6.07) is 3.26. The number of halogens is 1. The number of hydrogen-bond donors (Lipinski definition) is 1. The van der Waals surface area contributed by atoms with Gasteiger partial charge in [0.05, 0.1) is 12.1 Å². The van der Waals surface area contributed by atoms with E-state index in [0.717, 1.165) is 0 Å². The average Bonchev–Trinajstić information content (AvgIpc) is 2.27. The molecule has 1 aromatic heterocycles. The van der Waals surface area contributed by atoms with Crippen molar-refractivity contribution in [2.24, 2.45) is 5.41 Å². The molecule has 19 heavy (non-hydrogen) atoms. The Morgan fingerprint density at radius 2 is 2.11 bits per heavy atom. The maximum atomic E-state index is 11.6. The molecule has 0 spiro atoms. The van der Waals surface area contributed by atoms with Gasteiger partial charge in [-0.15, -0.1) is 0 Å². The van der Waals surface area contributed by atoms with Gasteiger partial charge in [-0.2, -0.15) is 0 Å². The topological polar surface area (TPSA) is 68.3 Å². The van der Waals surface area contributed by atoms with Gasteiger partial charge in [0.25, 0.3) is 5.91 Å². The zero-order valence-corrected chi connectivity index (χ0v) is 12.0. The standard InChI is InChI=1S/C13H17ClN2O3/c1-13(2,3)7-11(18)19-8-10(17)16-9-5-4-6-15-12(9)14/h4-6H,7-8H2,1-3H3,(H,16,17). The van der Waals surface area contributed by atoms with Crippen LogP contribution in [0.4, 0.5) is 5.69 Å². The molecular formula is C13H17ClN2O3. The fraction of sp³-hybridized carbons (Fsp3) is 0.462. The third kappa shape index (κ3) is 6.20. The van der Waals surface area contributed by atoms with Crippen LogP contribution in [0.1, 0.15) is 27.2 Å². The number of esters is 1. The van der Waals surface area contributed by atoms with Gasteiger partial charge in [0.1, 0.15) is 0 Å². The quantitative estimate of drug-likeness (QED) is 0.682. The van der Waals surface area contributed by atoms with E-state index in [1.54, 1.807) is 12.1 Å². The second kappa shape index (κ2) is 6.52. The first-order chi connectivity index (χ1) is 8.78. The van der Waals surface area contributed by atoms with Gasteiger partial charge in [0.15, 0.2) is 11.8 Å². The maximum absolute atomic E-state index is 11.6. The second-order valence-electron chi connectivity index (χ2n) is 5.29. The van der Waals surface area contributed by atoms with Crippen molar-refractivity contribution in [1.29, 1.82) is 0 Å². The molecule has 0 aliphatic rings. The van der Waals surface area contributed by atoms with Gasteiger partial charge in [0.2, 0.25) is 0 Å². The summed E-state index contributed by atoms with van der Waals surface area (Å²) in [5.74, 6) is -0.850. The molecule has 0 atom stereocenters. The minimum absolute atomic E-state index is 0.166. The Morgan fingerprint density at radius 3 is 2.68 bits per heavy atom. The van der Waals surface area contributed by atoms with Crippen LogP contribution >= 0.6 is 11.6 Å². The van der Waals surface area contributed by atoms with Gasteiger partial charge in [-0.3, -0.25) is 9.59 Å². The van der Waals surface area contributed by atoms with E-state index in [2.05, 4.69) is 10.3 Å². The molecule has 1 rings (SSSR count). The molecule has 0 aliphatic heterocycles. The Kier molecular flexibility index (Phi) is 5.30. The number of carbonyl (C=O) groups is 2. The summed E-state index contributed by atoms with van der Waals surface area (Å²) in [6.07, 6.45) is 1.77. The molecule has 0 aliphatic carbocycles. The van der Waals surface area contributed by atoms with Crippen LogP contribution in [-0.2, 0) is 14.3 Å². The first kappa shape index (κ1) is 15.4. The van der Waals surface area contributed by atoms with E-state index < -0.39 is 11.9 Å². The average molecular weight is 285 g/mol. The SMILES string of the molecule is CC(C)(C)CC(=O)OCC(=O)Nc1cccnc1Cl. The molecule has 0 unspecified atom stereocenters. The minimum atomic E-state index is -0.447. The van der Waals surface area contributed by atoms with Crippen LogP contribution in [0.15, 0.2) is 18.3 Å². The lowest BCUT2D eigenvalue weighted by molar-refractivity contribution is -0.149. The molecule has 0 bridgehead atoms. The first-order valence-electron chi connectivity index (χ1n) is 5.84. The number of rotatable bonds is 4. The van der Waals surface area contributed by atoms with E-state index in [1.807, 2.05) is 20.8 Å². The number of hydrogen-bond acceptors (Lipinski definition) is 4. The molecule has 0 fully saturated rings. The third-order valence-electron chi connectivity index (χ3n) is 2.07. The Bertz CT molecular complexity index is 469. The lowest BCUT2D eigenvalue weighted by Crippen LogP contribution is -2.23. The summed E-state index contributed by atoms with van der Waals surface area (Å²) in [7, 11) is 0. The monoisotopic (exact) mass is 284 g/mol.